The predicted octanol–water partition coefficient (Wildman–Crippen LogP) is 5.15. The average molecular weight is 394 g/mol. The number of rotatable bonds is 7. The van der Waals surface area contributed by atoms with E-state index in [1.807, 2.05) is 17.0 Å². The summed E-state index contributed by atoms with van der Waals surface area (Å²) < 4.78 is 0. The van der Waals surface area contributed by atoms with Crippen molar-refractivity contribution in [2.75, 3.05) is 18.4 Å². The maximum absolute atomic E-state index is 12.7. The van der Waals surface area contributed by atoms with Crippen molar-refractivity contribution in [3.05, 3.63) is 65.2 Å². The number of urea groups is 1. The summed E-state index contributed by atoms with van der Waals surface area (Å²) in [5.41, 5.74) is 3.86. The third-order valence-corrected chi connectivity index (χ3v) is 5.34. The fraction of sp³-hybridized carbons (Fsp3) is 0.417. The number of nitrogens with zero attached hydrogens (tertiary/aromatic N) is 1. The molecule has 0 saturated carbocycles. The van der Waals surface area contributed by atoms with Gasteiger partial charge in [0.25, 0.3) is 5.91 Å². The summed E-state index contributed by atoms with van der Waals surface area (Å²) in [6.45, 7) is 5.68. The lowest BCUT2D eigenvalue weighted by atomic mass is 9.88. The van der Waals surface area contributed by atoms with Crippen LogP contribution >= 0.6 is 0 Å². The van der Waals surface area contributed by atoms with Gasteiger partial charge in [-0.1, -0.05) is 38.1 Å². The molecule has 0 aromatic heterocycles. The minimum Gasteiger partial charge on any atom is -0.339 e. The Hall–Kier alpha value is -2.82. The van der Waals surface area contributed by atoms with Gasteiger partial charge < -0.3 is 15.5 Å². The van der Waals surface area contributed by atoms with E-state index in [4.69, 9.17) is 0 Å². The fourth-order valence-corrected chi connectivity index (χ4v) is 3.96. The molecule has 1 aliphatic carbocycles. The molecule has 1 unspecified atom stereocenters. The number of fused-ring (bicyclic) bond motifs is 1. The van der Waals surface area contributed by atoms with Crippen LogP contribution in [0.15, 0.2) is 48.5 Å². The molecular weight excluding hydrogens is 362 g/mol. The predicted molar refractivity (Wildman–Crippen MR) is 117 cm³/mol. The second-order valence-corrected chi connectivity index (χ2v) is 7.61. The van der Waals surface area contributed by atoms with E-state index in [9.17, 15) is 9.59 Å². The number of amides is 3. The van der Waals surface area contributed by atoms with E-state index in [-0.39, 0.29) is 18.0 Å². The number of aryl methyl sites for hydroxylation is 1. The van der Waals surface area contributed by atoms with E-state index in [0.29, 0.717) is 11.3 Å². The van der Waals surface area contributed by atoms with Gasteiger partial charge in [-0.25, -0.2) is 4.79 Å². The Labute approximate surface area is 173 Å². The second kappa shape index (κ2) is 10.1. The quantitative estimate of drug-likeness (QED) is 0.683. The second-order valence-electron chi connectivity index (χ2n) is 7.61. The van der Waals surface area contributed by atoms with Gasteiger partial charge in [0.2, 0.25) is 0 Å². The minimum absolute atomic E-state index is 0.0393. The first-order valence-electron chi connectivity index (χ1n) is 10.7. The van der Waals surface area contributed by atoms with Gasteiger partial charge in [0, 0.05) is 24.3 Å². The molecule has 0 heterocycles. The number of carbonyl (C=O) groups is 2. The molecule has 3 amide bonds. The molecule has 0 aliphatic heterocycles. The van der Waals surface area contributed by atoms with Crippen molar-refractivity contribution in [3.8, 4) is 0 Å². The monoisotopic (exact) mass is 393 g/mol. The van der Waals surface area contributed by atoms with E-state index in [0.717, 1.165) is 45.2 Å². The van der Waals surface area contributed by atoms with Crippen LogP contribution in [0.1, 0.15) is 67.1 Å². The summed E-state index contributed by atoms with van der Waals surface area (Å²) in [4.78, 5) is 27.0. The standard InChI is InChI=1S/C24H31N3O2/c1-3-16-27(17-4-2)23(28)19-12-14-20(15-13-19)25-24(29)26-22-11-7-9-18-8-5-6-10-21(18)22/h5-6,8,10,12-15,22H,3-4,7,9,11,16-17H2,1-2H3,(H2,25,26,29). The van der Waals surface area contributed by atoms with E-state index < -0.39 is 0 Å². The number of nitrogens with one attached hydrogen (secondary N) is 2. The SMILES string of the molecule is CCCN(CCC)C(=O)c1ccc(NC(=O)NC2CCCc3ccccc32)cc1. The van der Waals surface area contributed by atoms with Crippen LogP contribution in [0.5, 0.6) is 0 Å². The number of benzene rings is 2. The number of hydrogen-bond acceptors (Lipinski definition) is 2. The third kappa shape index (κ3) is 5.37. The van der Waals surface area contributed by atoms with Crippen molar-refractivity contribution in [2.24, 2.45) is 0 Å². The molecule has 1 aliphatic rings. The molecule has 3 rings (SSSR count). The average Bonchev–Trinajstić information content (AvgIpc) is 2.74. The molecule has 2 N–H and O–H groups in total. The van der Waals surface area contributed by atoms with Crippen LogP contribution in [-0.4, -0.2) is 29.9 Å². The van der Waals surface area contributed by atoms with Crippen molar-refractivity contribution < 1.29 is 9.59 Å². The molecular formula is C24H31N3O2. The molecule has 0 bridgehead atoms. The Bertz CT molecular complexity index is 826. The number of hydrogen-bond donors (Lipinski definition) is 2. The van der Waals surface area contributed by atoms with Crippen molar-refractivity contribution in [2.45, 2.75) is 52.0 Å². The summed E-state index contributed by atoms with van der Waals surface area (Å²) in [6, 6.07) is 15.3. The van der Waals surface area contributed by atoms with Gasteiger partial charge in [0.05, 0.1) is 6.04 Å². The lowest BCUT2D eigenvalue weighted by molar-refractivity contribution is 0.0755. The van der Waals surface area contributed by atoms with Gasteiger partial charge >= 0.3 is 6.03 Å². The molecule has 0 fully saturated rings. The summed E-state index contributed by atoms with van der Waals surface area (Å²) in [5, 5.41) is 5.98. The molecule has 0 saturated heterocycles. The van der Waals surface area contributed by atoms with Crippen LogP contribution in [0, 0.1) is 0 Å². The van der Waals surface area contributed by atoms with Crippen molar-refractivity contribution in [1.82, 2.24) is 10.2 Å². The van der Waals surface area contributed by atoms with Crippen LogP contribution in [0.4, 0.5) is 10.5 Å². The van der Waals surface area contributed by atoms with Gasteiger partial charge in [-0.3, -0.25) is 4.79 Å². The highest BCUT2D eigenvalue weighted by atomic mass is 16.2. The van der Waals surface area contributed by atoms with Crippen molar-refractivity contribution in [1.29, 1.82) is 0 Å². The summed E-state index contributed by atoms with van der Waals surface area (Å²) in [7, 11) is 0. The molecule has 5 heteroatoms. The van der Waals surface area contributed by atoms with Gasteiger partial charge in [0.15, 0.2) is 0 Å². The first-order chi connectivity index (χ1) is 14.1. The van der Waals surface area contributed by atoms with E-state index >= 15 is 0 Å². The van der Waals surface area contributed by atoms with E-state index in [1.54, 1.807) is 24.3 Å². The van der Waals surface area contributed by atoms with Gasteiger partial charge in [-0.2, -0.15) is 0 Å². The van der Waals surface area contributed by atoms with Crippen LogP contribution in [0.25, 0.3) is 0 Å². The van der Waals surface area contributed by atoms with Crippen LogP contribution in [0.2, 0.25) is 0 Å². The summed E-state index contributed by atoms with van der Waals surface area (Å²) in [5.74, 6) is 0.0449. The zero-order valence-corrected chi connectivity index (χ0v) is 17.4. The Kier molecular flexibility index (Phi) is 7.28. The Morgan fingerprint density at radius 2 is 1.69 bits per heavy atom. The minimum atomic E-state index is -0.218. The molecule has 0 spiro atoms. The molecule has 2 aromatic carbocycles. The van der Waals surface area contributed by atoms with E-state index in [1.165, 1.54) is 11.1 Å². The van der Waals surface area contributed by atoms with Crippen molar-refractivity contribution in [3.63, 3.8) is 0 Å². The van der Waals surface area contributed by atoms with Crippen LogP contribution in [0.3, 0.4) is 0 Å². The van der Waals surface area contributed by atoms with Crippen LogP contribution in [-0.2, 0) is 6.42 Å². The van der Waals surface area contributed by atoms with Gasteiger partial charge in [-0.05, 0) is 67.5 Å². The molecule has 5 nitrogen and oxygen atoms in total. The lowest BCUT2D eigenvalue weighted by Gasteiger charge is -2.26. The largest absolute Gasteiger partial charge is 0.339 e. The maximum Gasteiger partial charge on any atom is 0.319 e. The normalized spacial score (nSPS) is 15.3. The Balaban J connectivity index is 1.60. The maximum atomic E-state index is 12.7. The van der Waals surface area contributed by atoms with Crippen LogP contribution < -0.4 is 10.6 Å². The lowest BCUT2D eigenvalue weighted by Crippen LogP contribution is -2.34. The highest BCUT2D eigenvalue weighted by molar-refractivity contribution is 5.95. The topological polar surface area (TPSA) is 61.4 Å². The summed E-state index contributed by atoms with van der Waals surface area (Å²) in [6.07, 6.45) is 4.97. The first kappa shape index (κ1) is 20.9. The molecule has 154 valence electrons. The molecule has 2 aromatic rings. The molecule has 0 radical (unpaired) electrons. The zero-order valence-electron chi connectivity index (χ0n) is 17.4. The van der Waals surface area contributed by atoms with Gasteiger partial charge in [-0.15, -0.1) is 0 Å². The Morgan fingerprint density at radius 1 is 1.00 bits per heavy atom. The Morgan fingerprint density at radius 3 is 2.38 bits per heavy atom. The zero-order chi connectivity index (χ0) is 20.6. The highest BCUT2D eigenvalue weighted by Crippen LogP contribution is 2.29. The molecule has 1 atom stereocenters. The van der Waals surface area contributed by atoms with Gasteiger partial charge in [0.1, 0.15) is 0 Å². The smallest absolute Gasteiger partial charge is 0.319 e. The summed E-state index contributed by atoms with van der Waals surface area (Å²) >= 11 is 0. The van der Waals surface area contributed by atoms with Crippen molar-refractivity contribution >= 4 is 17.6 Å². The number of carbonyl (C=O) groups excluding carboxylic acids is 2. The third-order valence-electron chi connectivity index (χ3n) is 5.34. The highest BCUT2D eigenvalue weighted by Gasteiger charge is 2.21. The van der Waals surface area contributed by atoms with E-state index in [2.05, 4.69) is 36.6 Å². The fourth-order valence-electron chi connectivity index (χ4n) is 3.96. The first-order valence-corrected chi connectivity index (χ1v) is 10.7. The number of anilines is 1. The molecule has 29 heavy (non-hydrogen) atoms.